The van der Waals surface area contributed by atoms with Gasteiger partial charge >= 0.3 is 18.3 Å². The van der Waals surface area contributed by atoms with Crippen LogP contribution in [0.3, 0.4) is 0 Å². The summed E-state index contributed by atoms with van der Waals surface area (Å²) in [5.74, 6) is -1.07. The van der Waals surface area contributed by atoms with Crippen LogP contribution in [0, 0.1) is 0 Å². The summed E-state index contributed by atoms with van der Waals surface area (Å²) in [4.78, 5) is 14.6. The molecule has 0 radical (unpaired) electrons. The van der Waals surface area contributed by atoms with Crippen molar-refractivity contribution in [3.8, 4) is 0 Å². The van der Waals surface area contributed by atoms with Crippen LogP contribution in [0.15, 0.2) is 0 Å². The minimum absolute atomic E-state index is 0.309. The van der Waals surface area contributed by atoms with Crippen molar-refractivity contribution in [1.82, 2.24) is 5.06 Å². The van der Waals surface area contributed by atoms with E-state index < -0.39 is 37.0 Å². The molecule has 2 unspecified atom stereocenters. The molecule has 0 amide bonds. The van der Waals surface area contributed by atoms with Crippen LogP contribution in [0.4, 0.5) is 26.3 Å². The van der Waals surface area contributed by atoms with Crippen molar-refractivity contribution in [3.05, 3.63) is 0 Å². The quantitative estimate of drug-likeness (QED) is 0.438. The van der Waals surface area contributed by atoms with Gasteiger partial charge in [-0.1, -0.05) is 0 Å². The van der Waals surface area contributed by atoms with Gasteiger partial charge in [0, 0.05) is 0 Å². The summed E-state index contributed by atoms with van der Waals surface area (Å²) in [7, 11) is 0.927. The minimum Gasteiger partial charge on any atom is -0.467 e. The van der Waals surface area contributed by atoms with Gasteiger partial charge in [-0.05, 0) is 0 Å². The van der Waals surface area contributed by atoms with E-state index >= 15 is 0 Å². The van der Waals surface area contributed by atoms with E-state index in [9.17, 15) is 31.1 Å². The molecule has 1 aliphatic rings. The van der Waals surface area contributed by atoms with E-state index in [1.54, 1.807) is 0 Å². The van der Waals surface area contributed by atoms with Gasteiger partial charge < -0.3 is 4.74 Å². The van der Waals surface area contributed by atoms with Crippen LogP contribution in [-0.4, -0.2) is 49.2 Å². The Bertz CT molecular complexity index is 281. The summed E-state index contributed by atoms with van der Waals surface area (Å²) in [6.45, 7) is -1.00. The Balaban J connectivity index is 2.62. The van der Waals surface area contributed by atoms with Gasteiger partial charge in [-0.15, -0.1) is 0 Å². The Kier molecular flexibility index (Phi) is 3.58. The van der Waals surface area contributed by atoms with E-state index in [0.717, 1.165) is 7.11 Å². The third kappa shape index (κ3) is 3.22. The number of halogens is 6. The molecule has 2 atom stereocenters. The molecular weight excluding hydrogens is 260 g/mol. The summed E-state index contributed by atoms with van der Waals surface area (Å²) in [5, 5.41) is -0.309. The molecule has 1 rings (SSSR count). The first kappa shape index (κ1) is 14.0. The maximum absolute atomic E-state index is 12.1. The highest BCUT2D eigenvalue weighted by atomic mass is 19.4. The summed E-state index contributed by atoms with van der Waals surface area (Å²) in [6, 6.07) is -5.54. The molecular formula is C7H7F6NO3. The molecule has 0 N–H and O–H groups in total. The van der Waals surface area contributed by atoms with Crippen LogP contribution in [0.5, 0.6) is 0 Å². The molecule has 0 aliphatic carbocycles. The molecule has 0 saturated carbocycles. The Hall–Kier alpha value is -1.03. The second-order valence-corrected chi connectivity index (χ2v) is 3.18. The fourth-order valence-electron chi connectivity index (χ4n) is 1.20. The van der Waals surface area contributed by atoms with E-state index in [0.29, 0.717) is 0 Å². The van der Waals surface area contributed by atoms with Gasteiger partial charge in [0.05, 0.1) is 7.11 Å². The van der Waals surface area contributed by atoms with E-state index in [1.807, 2.05) is 0 Å². The molecule has 4 nitrogen and oxygen atoms in total. The SMILES string of the molecule is COC(=O)CON1C(C(F)(F)F)C1C(F)(F)F. The standard InChI is InChI=1S/C7H7F6NO3/c1-16-3(15)2-17-14-4(6(8,9)10)5(14)7(11,12)13/h4-5H,2H2,1H3. The highest BCUT2D eigenvalue weighted by molar-refractivity contribution is 5.70. The number of hydroxylamine groups is 2. The van der Waals surface area contributed by atoms with E-state index in [2.05, 4.69) is 9.57 Å². The number of ether oxygens (including phenoxy) is 1. The number of esters is 1. The van der Waals surface area contributed by atoms with Crippen molar-refractivity contribution >= 4 is 5.97 Å². The average molecular weight is 267 g/mol. The molecule has 1 heterocycles. The second-order valence-electron chi connectivity index (χ2n) is 3.18. The maximum Gasteiger partial charge on any atom is 0.408 e. The van der Waals surface area contributed by atoms with Gasteiger partial charge in [-0.25, -0.2) is 4.79 Å². The monoisotopic (exact) mass is 267 g/mol. The van der Waals surface area contributed by atoms with Gasteiger partial charge in [-0.3, -0.25) is 4.84 Å². The zero-order chi connectivity index (χ0) is 13.4. The van der Waals surface area contributed by atoms with Crippen molar-refractivity contribution in [2.45, 2.75) is 24.4 Å². The Morgan fingerprint density at radius 1 is 1.12 bits per heavy atom. The topological polar surface area (TPSA) is 38.5 Å². The third-order valence-electron chi connectivity index (χ3n) is 1.99. The normalized spacial score (nSPS) is 29.0. The van der Waals surface area contributed by atoms with Crippen LogP contribution in [0.2, 0.25) is 0 Å². The van der Waals surface area contributed by atoms with Crippen LogP contribution in [-0.2, 0) is 14.4 Å². The third-order valence-corrected chi connectivity index (χ3v) is 1.99. The predicted octanol–water partition coefficient (Wildman–Crippen LogP) is 1.27. The van der Waals surface area contributed by atoms with Gasteiger partial charge in [0.1, 0.15) is 0 Å². The Labute approximate surface area is 91.0 Å². The lowest BCUT2D eigenvalue weighted by atomic mass is 10.3. The molecule has 0 bridgehead atoms. The van der Waals surface area contributed by atoms with Crippen molar-refractivity contribution in [1.29, 1.82) is 0 Å². The summed E-state index contributed by atoms with van der Waals surface area (Å²) in [6.07, 6.45) is -10.1. The number of alkyl halides is 6. The molecule has 1 aliphatic heterocycles. The lowest BCUT2D eigenvalue weighted by Gasteiger charge is -2.06. The highest BCUT2D eigenvalue weighted by Crippen LogP contribution is 2.48. The Morgan fingerprint density at radius 2 is 1.53 bits per heavy atom. The van der Waals surface area contributed by atoms with Gasteiger partial charge in [0.25, 0.3) is 0 Å². The predicted molar refractivity (Wildman–Crippen MR) is 39.5 cm³/mol. The van der Waals surface area contributed by atoms with Gasteiger partial charge in [-0.2, -0.15) is 31.4 Å². The summed E-state index contributed by atoms with van der Waals surface area (Å²) < 4.78 is 76.9. The first-order chi connectivity index (χ1) is 7.59. The lowest BCUT2D eigenvalue weighted by Crippen LogP contribution is -2.26. The molecule has 17 heavy (non-hydrogen) atoms. The Morgan fingerprint density at radius 3 is 1.82 bits per heavy atom. The van der Waals surface area contributed by atoms with Crippen LogP contribution < -0.4 is 0 Å². The molecule has 0 aromatic heterocycles. The molecule has 0 aromatic carbocycles. The zero-order valence-electron chi connectivity index (χ0n) is 8.30. The van der Waals surface area contributed by atoms with Gasteiger partial charge in [0.15, 0.2) is 18.7 Å². The number of carbonyl (C=O) groups excluding carboxylic acids is 1. The average Bonchev–Trinajstić information content (AvgIpc) is 2.87. The zero-order valence-corrected chi connectivity index (χ0v) is 8.30. The number of hydrogen-bond donors (Lipinski definition) is 0. The van der Waals surface area contributed by atoms with Crippen molar-refractivity contribution < 1.29 is 40.7 Å². The first-order valence-corrected chi connectivity index (χ1v) is 4.20. The molecule has 100 valence electrons. The number of rotatable bonds is 3. The minimum atomic E-state index is -5.07. The van der Waals surface area contributed by atoms with E-state index in [4.69, 9.17) is 0 Å². The largest absolute Gasteiger partial charge is 0.467 e. The second kappa shape index (κ2) is 4.33. The molecule has 1 fully saturated rings. The smallest absolute Gasteiger partial charge is 0.408 e. The lowest BCUT2D eigenvalue weighted by molar-refractivity contribution is -0.195. The summed E-state index contributed by atoms with van der Waals surface area (Å²) in [5.41, 5.74) is 0. The first-order valence-electron chi connectivity index (χ1n) is 4.20. The van der Waals surface area contributed by atoms with Crippen LogP contribution in [0.25, 0.3) is 0 Å². The fraction of sp³-hybridized carbons (Fsp3) is 0.857. The van der Waals surface area contributed by atoms with Crippen molar-refractivity contribution in [2.24, 2.45) is 0 Å². The van der Waals surface area contributed by atoms with Crippen molar-refractivity contribution in [3.63, 3.8) is 0 Å². The highest BCUT2D eigenvalue weighted by Gasteiger charge is 2.74. The molecule has 10 heteroatoms. The number of hydrogen-bond acceptors (Lipinski definition) is 4. The fourth-order valence-corrected chi connectivity index (χ4v) is 1.20. The molecule has 1 saturated heterocycles. The molecule has 0 aromatic rings. The van der Waals surface area contributed by atoms with Gasteiger partial charge in [0.2, 0.25) is 0 Å². The van der Waals surface area contributed by atoms with Crippen LogP contribution in [0.1, 0.15) is 0 Å². The van der Waals surface area contributed by atoms with Crippen LogP contribution >= 0.6 is 0 Å². The number of nitrogens with zero attached hydrogens (tertiary/aromatic N) is 1. The van der Waals surface area contributed by atoms with E-state index in [-0.39, 0.29) is 5.06 Å². The molecule has 0 spiro atoms. The number of carbonyl (C=O) groups is 1. The van der Waals surface area contributed by atoms with Crippen molar-refractivity contribution in [2.75, 3.05) is 13.7 Å². The maximum atomic E-state index is 12.1. The van der Waals surface area contributed by atoms with E-state index in [1.165, 1.54) is 0 Å². The number of methoxy groups -OCH3 is 1. The summed E-state index contributed by atoms with van der Waals surface area (Å²) >= 11 is 0.